The van der Waals surface area contributed by atoms with Crippen LogP contribution in [0.25, 0.3) is 0 Å². The lowest BCUT2D eigenvalue weighted by Gasteiger charge is -2.31. The van der Waals surface area contributed by atoms with Crippen LogP contribution in [0.3, 0.4) is 0 Å². The van der Waals surface area contributed by atoms with Crippen molar-refractivity contribution in [1.82, 2.24) is 20.5 Å². The Morgan fingerprint density at radius 3 is 2.80 bits per heavy atom. The molecule has 2 heterocycles. The van der Waals surface area contributed by atoms with Crippen LogP contribution in [0.5, 0.6) is 0 Å². The van der Waals surface area contributed by atoms with Crippen molar-refractivity contribution in [3.8, 4) is 0 Å². The van der Waals surface area contributed by atoms with Gasteiger partial charge in [-0.25, -0.2) is 9.98 Å². The molecule has 1 aromatic carbocycles. The lowest BCUT2D eigenvalue weighted by Crippen LogP contribution is -2.40. The van der Waals surface area contributed by atoms with E-state index in [4.69, 9.17) is 9.73 Å². The third-order valence-corrected chi connectivity index (χ3v) is 5.98. The van der Waals surface area contributed by atoms with E-state index in [2.05, 4.69) is 65.6 Å². The van der Waals surface area contributed by atoms with Crippen LogP contribution in [0.4, 0.5) is 0 Å². The maximum Gasteiger partial charge on any atom is 0.191 e. The van der Waals surface area contributed by atoms with E-state index >= 15 is 0 Å². The molecule has 1 aliphatic rings. The number of benzene rings is 1. The number of morpholine rings is 1. The highest BCUT2D eigenvalue weighted by Crippen LogP contribution is 2.16. The second-order valence-electron chi connectivity index (χ2n) is 7.53. The van der Waals surface area contributed by atoms with Gasteiger partial charge in [0, 0.05) is 31.1 Å². The summed E-state index contributed by atoms with van der Waals surface area (Å²) >= 11 is 1.74. The van der Waals surface area contributed by atoms with Gasteiger partial charge in [-0.2, -0.15) is 0 Å². The summed E-state index contributed by atoms with van der Waals surface area (Å²) in [6, 6.07) is 8.75. The Labute approximate surface area is 201 Å². The Balaban J connectivity index is 0.00000320. The molecule has 1 unspecified atom stereocenters. The Kier molecular flexibility index (Phi) is 10.5. The van der Waals surface area contributed by atoms with Crippen LogP contribution in [-0.4, -0.2) is 48.2 Å². The highest BCUT2D eigenvalue weighted by molar-refractivity contribution is 14.0. The molecule has 8 heteroatoms. The molecule has 166 valence electrons. The third-order valence-electron chi connectivity index (χ3n) is 4.90. The van der Waals surface area contributed by atoms with E-state index < -0.39 is 0 Å². The van der Waals surface area contributed by atoms with Crippen LogP contribution in [0.1, 0.15) is 40.6 Å². The highest BCUT2D eigenvalue weighted by atomic mass is 127. The molecule has 1 aromatic heterocycles. The first-order chi connectivity index (χ1) is 14.0. The number of hydrogen-bond acceptors (Lipinski definition) is 5. The third kappa shape index (κ3) is 7.79. The lowest BCUT2D eigenvalue weighted by atomic mass is 10.1. The standard InChI is InChI=1S/C22H33N5OS.HI/c1-5-23-22(25-13-21-17(3)26-18(4)29-21)24-12-19-7-6-8-20(11-19)15-27-9-10-28-16(2)14-27;/h6-8,11,16H,5,9-10,12-15H2,1-4H3,(H2,23,24,25);1H. The monoisotopic (exact) mass is 543 g/mol. The second-order valence-corrected chi connectivity index (χ2v) is 8.81. The van der Waals surface area contributed by atoms with Crippen molar-refractivity contribution in [2.24, 2.45) is 4.99 Å². The molecular weight excluding hydrogens is 509 g/mol. The molecule has 3 rings (SSSR count). The fourth-order valence-corrected chi connectivity index (χ4v) is 4.41. The summed E-state index contributed by atoms with van der Waals surface area (Å²) < 4.78 is 5.64. The van der Waals surface area contributed by atoms with E-state index in [-0.39, 0.29) is 24.0 Å². The van der Waals surface area contributed by atoms with Gasteiger partial charge in [-0.15, -0.1) is 35.3 Å². The quantitative estimate of drug-likeness (QED) is 0.316. The summed E-state index contributed by atoms with van der Waals surface area (Å²) in [6.07, 6.45) is 0.316. The van der Waals surface area contributed by atoms with Gasteiger partial charge in [0.05, 0.1) is 36.5 Å². The fraction of sp³-hybridized carbons (Fsp3) is 0.545. The van der Waals surface area contributed by atoms with Gasteiger partial charge in [-0.3, -0.25) is 4.90 Å². The molecule has 0 amide bonds. The van der Waals surface area contributed by atoms with E-state index in [0.717, 1.165) is 56.0 Å². The molecule has 1 saturated heterocycles. The van der Waals surface area contributed by atoms with E-state index in [9.17, 15) is 0 Å². The number of nitrogens with zero attached hydrogens (tertiary/aromatic N) is 3. The molecule has 0 radical (unpaired) electrons. The molecule has 1 atom stereocenters. The Bertz CT molecular complexity index is 826. The number of halogens is 1. The van der Waals surface area contributed by atoms with Crippen LogP contribution in [0.15, 0.2) is 29.3 Å². The summed E-state index contributed by atoms with van der Waals surface area (Å²) in [7, 11) is 0. The molecular formula is C22H34IN5OS. The topological polar surface area (TPSA) is 61.8 Å². The van der Waals surface area contributed by atoms with Gasteiger partial charge in [-0.05, 0) is 38.8 Å². The van der Waals surface area contributed by atoms with Gasteiger partial charge in [0.2, 0.25) is 0 Å². The Morgan fingerprint density at radius 2 is 2.10 bits per heavy atom. The number of guanidine groups is 1. The average molecular weight is 544 g/mol. The van der Waals surface area contributed by atoms with Crippen molar-refractivity contribution in [3.63, 3.8) is 0 Å². The van der Waals surface area contributed by atoms with Crippen molar-refractivity contribution in [1.29, 1.82) is 0 Å². The summed E-state index contributed by atoms with van der Waals surface area (Å²) in [5, 5.41) is 7.87. The lowest BCUT2D eigenvalue weighted by molar-refractivity contribution is -0.0212. The van der Waals surface area contributed by atoms with E-state index in [1.165, 1.54) is 16.0 Å². The first-order valence-electron chi connectivity index (χ1n) is 10.4. The number of aromatic nitrogens is 1. The minimum Gasteiger partial charge on any atom is -0.376 e. The zero-order chi connectivity index (χ0) is 20.6. The largest absolute Gasteiger partial charge is 0.376 e. The Hall–Kier alpha value is -1.23. The molecule has 1 fully saturated rings. The summed E-state index contributed by atoms with van der Waals surface area (Å²) in [6.45, 7) is 14.4. The smallest absolute Gasteiger partial charge is 0.191 e. The molecule has 2 aromatic rings. The molecule has 1 aliphatic heterocycles. The van der Waals surface area contributed by atoms with Gasteiger partial charge in [0.1, 0.15) is 0 Å². The number of nitrogens with one attached hydrogen (secondary N) is 2. The molecule has 2 N–H and O–H groups in total. The van der Waals surface area contributed by atoms with Gasteiger partial charge in [0.15, 0.2) is 5.96 Å². The molecule has 6 nitrogen and oxygen atoms in total. The molecule has 0 saturated carbocycles. The van der Waals surface area contributed by atoms with Crippen molar-refractivity contribution in [2.45, 2.75) is 53.4 Å². The van der Waals surface area contributed by atoms with Crippen LogP contribution in [0, 0.1) is 13.8 Å². The maximum atomic E-state index is 5.64. The molecule has 0 bridgehead atoms. The predicted molar refractivity (Wildman–Crippen MR) is 136 cm³/mol. The van der Waals surface area contributed by atoms with Gasteiger partial charge < -0.3 is 15.4 Å². The van der Waals surface area contributed by atoms with Crippen molar-refractivity contribution >= 4 is 41.3 Å². The summed E-state index contributed by atoms with van der Waals surface area (Å²) in [5.74, 6) is 0.838. The van der Waals surface area contributed by atoms with Crippen LogP contribution < -0.4 is 10.6 Å². The maximum absolute atomic E-state index is 5.64. The number of thiazole rings is 1. The van der Waals surface area contributed by atoms with Crippen molar-refractivity contribution in [3.05, 3.63) is 51.0 Å². The van der Waals surface area contributed by atoms with Crippen molar-refractivity contribution in [2.75, 3.05) is 26.2 Å². The average Bonchev–Trinajstić information content (AvgIpc) is 3.01. The van der Waals surface area contributed by atoms with Gasteiger partial charge in [0.25, 0.3) is 0 Å². The van der Waals surface area contributed by atoms with Crippen molar-refractivity contribution < 1.29 is 4.74 Å². The number of rotatable bonds is 7. The zero-order valence-electron chi connectivity index (χ0n) is 18.4. The normalized spacial score (nSPS) is 17.5. The zero-order valence-corrected chi connectivity index (χ0v) is 21.5. The first-order valence-corrected chi connectivity index (χ1v) is 11.2. The van der Waals surface area contributed by atoms with E-state index in [0.29, 0.717) is 12.6 Å². The number of ether oxygens (including phenoxy) is 1. The number of aryl methyl sites for hydroxylation is 2. The van der Waals surface area contributed by atoms with Gasteiger partial charge in [-0.1, -0.05) is 24.3 Å². The first kappa shape index (κ1) is 25.0. The van der Waals surface area contributed by atoms with Gasteiger partial charge >= 0.3 is 0 Å². The van der Waals surface area contributed by atoms with E-state index in [1.54, 1.807) is 11.3 Å². The summed E-state index contributed by atoms with van der Waals surface area (Å²) in [4.78, 5) is 13.0. The number of aliphatic imine (C=N–C) groups is 1. The molecule has 0 aliphatic carbocycles. The summed E-state index contributed by atoms with van der Waals surface area (Å²) in [5.41, 5.74) is 3.66. The minimum absolute atomic E-state index is 0. The molecule has 30 heavy (non-hydrogen) atoms. The minimum atomic E-state index is 0. The fourth-order valence-electron chi connectivity index (χ4n) is 3.53. The van der Waals surface area contributed by atoms with E-state index in [1.807, 2.05) is 6.92 Å². The SMILES string of the molecule is CCNC(=NCc1cccc(CN2CCOC(C)C2)c1)NCc1sc(C)nc1C.I. The number of hydrogen-bond donors (Lipinski definition) is 2. The van der Waals surface area contributed by atoms with Crippen LogP contribution in [-0.2, 0) is 24.4 Å². The predicted octanol–water partition coefficient (Wildman–Crippen LogP) is 3.85. The Morgan fingerprint density at radius 1 is 1.30 bits per heavy atom. The van der Waals surface area contributed by atoms with Crippen LogP contribution >= 0.6 is 35.3 Å². The highest BCUT2D eigenvalue weighted by Gasteiger charge is 2.16. The molecule has 0 spiro atoms. The van der Waals surface area contributed by atoms with Crippen LogP contribution in [0.2, 0.25) is 0 Å². The second kappa shape index (κ2) is 12.6.